The zero-order valence-corrected chi connectivity index (χ0v) is 15.2. The average molecular weight is 434 g/mol. The number of hydrogen-bond acceptors (Lipinski definition) is 5. The first-order valence-electron chi connectivity index (χ1n) is 7.23. The number of fused-ring (bicyclic) bond motifs is 1. The molecule has 0 fully saturated rings. The molecule has 0 unspecified atom stereocenters. The van der Waals surface area contributed by atoms with Gasteiger partial charge >= 0.3 is 12.4 Å². The molecular formula is C14H12F6N2O3S2. The van der Waals surface area contributed by atoms with Crippen molar-refractivity contribution in [3.63, 3.8) is 0 Å². The van der Waals surface area contributed by atoms with E-state index in [1.807, 2.05) is 0 Å². The summed E-state index contributed by atoms with van der Waals surface area (Å²) in [5.41, 5.74) is -2.41. The van der Waals surface area contributed by atoms with E-state index < -0.39 is 72.9 Å². The fourth-order valence-corrected chi connectivity index (χ4v) is 5.33. The number of sulfone groups is 1. The minimum Gasteiger partial charge on any atom is -0.328 e. The first-order chi connectivity index (χ1) is 12.2. The summed E-state index contributed by atoms with van der Waals surface area (Å²) < 4.78 is 101. The van der Waals surface area contributed by atoms with Crippen LogP contribution in [0.4, 0.5) is 26.3 Å². The Morgan fingerprint density at radius 2 is 1.89 bits per heavy atom. The third-order valence-corrected chi connectivity index (χ3v) is 6.61. The van der Waals surface area contributed by atoms with Gasteiger partial charge in [-0.2, -0.15) is 26.3 Å². The van der Waals surface area contributed by atoms with Crippen molar-refractivity contribution in [2.75, 3.05) is 18.8 Å². The van der Waals surface area contributed by atoms with Crippen molar-refractivity contribution in [3.05, 3.63) is 27.5 Å². The molecule has 150 valence electrons. The predicted molar refractivity (Wildman–Crippen MR) is 85.0 cm³/mol. The standard InChI is InChI=1S/C14H12F6N2O3S2/c1-2-7(14(18,19)20)10(21)8-5-9-11(26-8)12(23)22(6-13(15,16)17)3-4-27(9,24)25/h2,5,21H,3-4,6H2,1H3/b7-2+,21-10?. The number of carbonyl (C=O) groups is 1. The summed E-state index contributed by atoms with van der Waals surface area (Å²) >= 11 is 0.254. The monoisotopic (exact) mass is 434 g/mol. The molecule has 0 saturated heterocycles. The number of halogens is 6. The highest BCUT2D eigenvalue weighted by Gasteiger charge is 2.41. The van der Waals surface area contributed by atoms with Crippen molar-refractivity contribution in [1.29, 1.82) is 5.41 Å². The van der Waals surface area contributed by atoms with Gasteiger partial charge in [-0.3, -0.25) is 10.2 Å². The van der Waals surface area contributed by atoms with Gasteiger partial charge in [-0.25, -0.2) is 8.42 Å². The molecule has 1 aliphatic heterocycles. The molecule has 13 heteroatoms. The normalized spacial score (nSPS) is 18.3. The van der Waals surface area contributed by atoms with Crippen LogP contribution in [0.5, 0.6) is 0 Å². The summed E-state index contributed by atoms with van der Waals surface area (Å²) in [6, 6.07) is 0.738. The Kier molecular flexibility index (Phi) is 5.49. The summed E-state index contributed by atoms with van der Waals surface area (Å²) in [6.07, 6.45) is -9.05. The van der Waals surface area contributed by atoms with Crippen LogP contribution in [0.25, 0.3) is 0 Å². The second kappa shape index (κ2) is 6.93. The van der Waals surface area contributed by atoms with Crippen LogP contribution in [0.15, 0.2) is 22.6 Å². The van der Waals surface area contributed by atoms with E-state index in [2.05, 4.69) is 0 Å². The van der Waals surface area contributed by atoms with Crippen molar-refractivity contribution in [2.45, 2.75) is 24.2 Å². The van der Waals surface area contributed by atoms with Gasteiger partial charge in [-0.15, -0.1) is 11.3 Å². The molecule has 2 heterocycles. The topological polar surface area (TPSA) is 78.3 Å². The van der Waals surface area contributed by atoms with E-state index >= 15 is 0 Å². The second-order valence-corrected chi connectivity index (χ2v) is 8.67. The van der Waals surface area contributed by atoms with Crippen LogP contribution >= 0.6 is 11.3 Å². The molecule has 1 aromatic rings. The number of nitrogens with one attached hydrogen (secondary N) is 1. The minimum atomic E-state index is -4.89. The molecular weight excluding hydrogens is 422 g/mol. The maximum atomic E-state index is 13.0. The zero-order valence-electron chi connectivity index (χ0n) is 13.5. The number of nitrogens with zero attached hydrogens (tertiary/aromatic N) is 1. The van der Waals surface area contributed by atoms with E-state index in [0.717, 1.165) is 13.0 Å². The molecule has 1 aromatic heterocycles. The van der Waals surface area contributed by atoms with E-state index in [4.69, 9.17) is 5.41 Å². The Labute approximate surface area is 153 Å². The van der Waals surface area contributed by atoms with E-state index in [1.54, 1.807) is 0 Å². The summed E-state index contributed by atoms with van der Waals surface area (Å²) in [7, 11) is -4.20. The van der Waals surface area contributed by atoms with Crippen LogP contribution in [-0.2, 0) is 9.84 Å². The van der Waals surface area contributed by atoms with Gasteiger partial charge in [0.25, 0.3) is 5.91 Å². The largest absolute Gasteiger partial charge is 0.418 e. The molecule has 1 aliphatic rings. The lowest BCUT2D eigenvalue weighted by molar-refractivity contribution is -0.140. The average Bonchev–Trinajstić information content (AvgIpc) is 2.92. The highest BCUT2D eigenvalue weighted by Crippen LogP contribution is 2.36. The van der Waals surface area contributed by atoms with Gasteiger partial charge < -0.3 is 4.90 Å². The van der Waals surface area contributed by atoms with Gasteiger partial charge in [0, 0.05) is 6.54 Å². The molecule has 27 heavy (non-hydrogen) atoms. The fourth-order valence-electron chi connectivity index (χ4n) is 2.41. The molecule has 1 N–H and O–H groups in total. The number of amides is 1. The van der Waals surface area contributed by atoms with Crippen LogP contribution in [0.1, 0.15) is 21.5 Å². The van der Waals surface area contributed by atoms with Crippen LogP contribution in [0, 0.1) is 5.41 Å². The maximum Gasteiger partial charge on any atom is 0.418 e. The Morgan fingerprint density at radius 3 is 2.37 bits per heavy atom. The number of allylic oxidation sites excluding steroid dienone is 2. The highest BCUT2D eigenvalue weighted by atomic mass is 32.2. The summed E-state index contributed by atoms with van der Waals surface area (Å²) in [6.45, 7) is -1.35. The fraction of sp³-hybridized carbons (Fsp3) is 0.429. The van der Waals surface area contributed by atoms with Gasteiger partial charge in [0.15, 0.2) is 9.84 Å². The predicted octanol–water partition coefficient (Wildman–Crippen LogP) is 3.42. The summed E-state index contributed by atoms with van der Waals surface area (Å²) in [5, 5.41) is 7.69. The highest BCUT2D eigenvalue weighted by molar-refractivity contribution is 7.91. The second-order valence-electron chi connectivity index (χ2n) is 5.54. The summed E-state index contributed by atoms with van der Waals surface area (Å²) in [4.78, 5) is 10.9. The van der Waals surface area contributed by atoms with Crippen molar-refractivity contribution >= 4 is 32.8 Å². The van der Waals surface area contributed by atoms with Crippen molar-refractivity contribution < 1.29 is 39.6 Å². The SMILES string of the molecule is C/C=C(\C(=N)c1cc2c(s1)C(=O)N(CC(F)(F)F)CCS2(=O)=O)C(F)(F)F. The lowest BCUT2D eigenvalue weighted by Gasteiger charge is -2.21. The van der Waals surface area contributed by atoms with E-state index in [9.17, 15) is 39.6 Å². The Balaban J connectivity index is 2.54. The van der Waals surface area contributed by atoms with Crippen LogP contribution in [0.2, 0.25) is 0 Å². The van der Waals surface area contributed by atoms with Crippen LogP contribution in [0.3, 0.4) is 0 Å². The lowest BCUT2D eigenvalue weighted by Crippen LogP contribution is -2.39. The molecule has 0 bridgehead atoms. The van der Waals surface area contributed by atoms with Crippen LogP contribution < -0.4 is 0 Å². The Hall–Kier alpha value is -1.89. The molecule has 0 radical (unpaired) electrons. The first-order valence-corrected chi connectivity index (χ1v) is 9.69. The third-order valence-electron chi connectivity index (χ3n) is 3.62. The number of carbonyl (C=O) groups excluding carboxylic acids is 1. The maximum absolute atomic E-state index is 13.0. The molecule has 5 nitrogen and oxygen atoms in total. The van der Waals surface area contributed by atoms with Gasteiger partial charge in [-0.1, -0.05) is 6.08 Å². The van der Waals surface area contributed by atoms with E-state index in [1.165, 1.54) is 0 Å². The first kappa shape index (κ1) is 21.4. The number of thiophene rings is 1. The number of rotatable bonds is 3. The molecule has 2 rings (SSSR count). The quantitative estimate of drug-likeness (QED) is 0.585. The molecule has 0 aromatic carbocycles. The number of alkyl halides is 6. The van der Waals surface area contributed by atoms with Crippen LogP contribution in [-0.4, -0.2) is 56.1 Å². The van der Waals surface area contributed by atoms with Crippen molar-refractivity contribution in [2.24, 2.45) is 0 Å². The lowest BCUT2D eigenvalue weighted by atomic mass is 10.1. The van der Waals surface area contributed by atoms with Gasteiger partial charge in [0.2, 0.25) is 0 Å². The molecule has 0 spiro atoms. The minimum absolute atomic E-state index is 0.254. The molecule has 0 saturated carbocycles. The van der Waals surface area contributed by atoms with Gasteiger partial charge in [-0.05, 0) is 13.0 Å². The van der Waals surface area contributed by atoms with E-state index in [-0.39, 0.29) is 16.2 Å². The molecule has 0 aliphatic carbocycles. The van der Waals surface area contributed by atoms with E-state index in [0.29, 0.717) is 6.08 Å². The molecule has 0 atom stereocenters. The number of hydrogen-bond donors (Lipinski definition) is 1. The third kappa shape index (κ3) is 4.51. The smallest absolute Gasteiger partial charge is 0.328 e. The Morgan fingerprint density at radius 1 is 1.30 bits per heavy atom. The van der Waals surface area contributed by atoms with Gasteiger partial charge in [0.1, 0.15) is 11.4 Å². The van der Waals surface area contributed by atoms with Crippen molar-refractivity contribution in [1.82, 2.24) is 4.90 Å². The van der Waals surface area contributed by atoms with Crippen molar-refractivity contribution in [3.8, 4) is 0 Å². The summed E-state index contributed by atoms with van der Waals surface area (Å²) in [5.74, 6) is -2.05. The zero-order chi connectivity index (χ0) is 20.8. The van der Waals surface area contributed by atoms with Gasteiger partial charge in [0.05, 0.1) is 26.8 Å². The Bertz CT molecular complexity index is 912. The molecule has 1 amide bonds.